The number of halogens is 1. The summed E-state index contributed by atoms with van der Waals surface area (Å²) >= 11 is 5.34. The minimum Gasteiger partial charge on any atom is -0.381 e. The topological polar surface area (TPSA) is 21.3 Å². The van der Waals surface area contributed by atoms with Crippen LogP contribution in [0.5, 0.6) is 0 Å². The summed E-state index contributed by atoms with van der Waals surface area (Å²) in [6, 6.07) is 2.11. The molecule has 4 heteroatoms. The molecule has 0 spiro atoms. The van der Waals surface area contributed by atoms with E-state index in [1.165, 1.54) is 22.2 Å². The van der Waals surface area contributed by atoms with Crippen LogP contribution in [0.1, 0.15) is 17.7 Å². The van der Waals surface area contributed by atoms with E-state index in [9.17, 15) is 0 Å². The van der Waals surface area contributed by atoms with Gasteiger partial charge in [0.25, 0.3) is 0 Å². The SMILES string of the molecule is Brc1ccsc1CNCC1CCOCC1. The fourth-order valence-corrected chi connectivity index (χ4v) is 3.25. The molecular formula is C11H16BrNOS. The van der Waals surface area contributed by atoms with Crippen LogP contribution in [-0.2, 0) is 11.3 Å². The monoisotopic (exact) mass is 289 g/mol. The van der Waals surface area contributed by atoms with Gasteiger partial charge in [0, 0.05) is 29.1 Å². The second-order valence-corrected chi connectivity index (χ2v) is 5.73. The Morgan fingerprint density at radius 1 is 1.47 bits per heavy atom. The zero-order valence-corrected chi connectivity index (χ0v) is 11.1. The highest BCUT2D eigenvalue weighted by Crippen LogP contribution is 2.22. The van der Waals surface area contributed by atoms with E-state index in [-0.39, 0.29) is 0 Å². The first-order valence-corrected chi connectivity index (χ1v) is 7.04. The van der Waals surface area contributed by atoms with Gasteiger partial charge in [-0.3, -0.25) is 0 Å². The number of ether oxygens (including phenoxy) is 1. The van der Waals surface area contributed by atoms with Gasteiger partial charge in [0.2, 0.25) is 0 Å². The van der Waals surface area contributed by atoms with E-state index < -0.39 is 0 Å². The predicted molar refractivity (Wildman–Crippen MR) is 67.3 cm³/mol. The Balaban J connectivity index is 1.68. The van der Waals surface area contributed by atoms with Crippen LogP contribution in [0.2, 0.25) is 0 Å². The molecule has 1 saturated heterocycles. The third-order valence-corrected chi connectivity index (χ3v) is 4.68. The Hall–Kier alpha value is 0.1000. The van der Waals surface area contributed by atoms with Crippen molar-refractivity contribution in [3.8, 4) is 0 Å². The zero-order valence-electron chi connectivity index (χ0n) is 8.67. The maximum absolute atomic E-state index is 5.34. The quantitative estimate of drug-likeness (QED) is 0.920. The fraction of sp³-hybridized carbons (Fsp3) is 0.636. The average Bonchev–Trinajstić information content (AvgIpc) is 2.66. The fourth-order valence-electron chi connectivity index (χ4n) is 1.79. The van der Waals surface area contributed by atoms with Crippen molar-refractivity contribution >= 4 is 27.3 Å². The molecule has 2 nitrogen and oxygen atoms in total. The van der Waals surface area contributed by atoms with Crippen molar-refractivity contribution in [2.24, 2.45) is 5.92 Å². The highest BCUT2D eigenvalue weighted by Gasteiger charge is 2.13. The highest BCUT2D eigenvalue weighted by atomic mass is 79.9. The van der Waals surface area contributed by atoms with E-state index >= 15 is 0 Å². The molecule has 0 radical (unpaired) electrons. The smallest absolute Gasteiger partial charge is 0.0469 e. The van der Waals surface area contributed by atoms with Crippen molar-refractivity contribution in [2.75, 3.05) is 19.8 Å². The lowest BCUT2D eigenvalue weighted by Crippen LogP contribution is -2.27. The summed E-state index contributed by atoms with van der Waals surface area (Å²) in [4.78, 5) is 1.39. The second kappa shape index (κ2) is 5.99. The summed E-state index contributed by atoms with van der Waals surface area (Å²) in [6.45, 7) is 3.98. The number of thiophene rings is 1. The zero-order chi connectivity index (χ0) is 10.5. The van der Waals surface area contributed by atoms with Gasteiger partial charge in [0.05, 0.1) is 0 Å². The molecule has 1 fully saturated rings. The molecule has 2 rings (SSSR count). The Bertz CT molecular complexity index is 297. The lowest BCUT2D eigenvalue weighted by Gasteiger charge is -2.22. The molecule has 1 aromatic heterocycles. The van der Waals surface area contributed by atoms with Gasteiger partial charge in [0.1, 0.15) is 0 Å². The van der Waals surface area contributed by atoms with Gasteiger partial charge >= 0.3 is 0 Å². The van der Waals surface area contributed by atoms with Gasteiger partial charge in [0.15, 0.2) is 0 Å². The van der Waals surface area contributed by atoms with Crippen LogP contribution in [0.4, 0.5) is 0 Å². The van der Waals surface area contributed by atoms with Crippen LogP contribution in [0, 0.1) is 5.92 Å². The van der Waals surface area contributed by atoms with Crippen LogP contribution < -0.4 is 5.32 Å². The largest absolute Gasteiger partial charge is 0.381 e. The lowest BCUT2D eigenvalue weighted by molar-refractivity contribution is 0.0662. The highest BCUT2D eigenvalue weighted by molar-refractivity contribution is 9.10. The Labute approximate surface area is 103 Å². The summed E-state index contributed by atoms with van der Waals surface area (Å²) < 4.78 is 6.57. The summed E-state index contributed by atoms with van der Waals surface area (Å²) in [7, 11) is 0. The van der Waals surface area contributed by atoms with Gasteiger partial charge in [-0.05, 0) is 52.7 Å². The molecule has 1 N–H and O–H groups in total. The van der Waals surface area contributed by atoms with Crippen LogP contribution in [-0.4, -0.2) is 19.8 Å². The molecule has 0 unspecified atom stereocenters. The van der Waals surface area contributed by atoms with E-state index in [0.717, 1.165) is 32.2 Å². The lowest BCUT2D eigenvalue weighted by atomic mass is 10.0. The molecule has 1 aliphatic heterocycles. The van der Waals surface area contributed by atoms with Gasteiger partial charge in [-0.1, -0.05) is 0 Å². The number of nitrogens with one attached hydrogen (secondary N) is 1. The third-order valence-electron chi connectivity index (χ3n) is 2.75. The molecule has 0 amide bonds. The van der Waals surface area contributed by atoms with Gasteiger partial charge in [-0.25, -0.2) is 0 Å². The molecule has 0 saturated carbocycles. The molecule has 84 valence electrons. The Kier molecular flexibility index (Phi) is 4.62. The minimum atomic E-state index is 0.803. The van der Waals surface area contributed by atoms with Crippen molar-refractivity contribution in [1.82, 2.24) is 5.32 Å². The molecule has 1 aromatic rings. The first-order chi connectivity index (χ1) is 7.36. The molecule has 0 atom stereocenters. The van der Waals surface area contributed by atoms with E-state index in [1.54, 1.807) is 11.3 Å². The molecule has 0 aromatic carbocycles. The van der Waals surface area contributed by atoms with Gasteiger partial charge in [-0.2, -0.15) is 0 Å². The van der Waals surface area contributed by atoms with Gasteiger partial charge < -0.3 is 10.1 Å². The summed E-state index contributed by atoms with van der Waals surface area (Å²) in [5.74, 6) is 0.803. The maximum Gasteiger partial charge on any atom is 0.0469 e. The molecule has 1 aliphatic rings. The standard InChI is InChI=1S/C11H16BrNOS/c12-10-3-6-15-11(10)8-13-7-9-1-4-14-5-2-9/h3,6,9,13H,1-2,4-5,7-8H2. The number of hydrogen-bond donors (Lipinski definition) is 1. The number of hydrogen-bond acceptors (Lipinski definition) is 3. The molecule has 15 heavy (non-hydrogen) atoms. The van der Waals surface area contributed by atoms with E-state index in [0.29, 0.717) is 0 Å². The average molecular weight is 290 g/mol. The molecule has 2 heterocycles. The third kappa shape index (κ3) is 3.55. The summed E-state index contributed by atoms with van der Waals surface area (Å²) in [5.41, 5.74) is 0. The summed E-state index contributed by atoms with van der Waals surface area (Å²) in [5, 5.41) is 5.64. The summed E-state index contributed by atoms with van der Waals surface area (Å²) in [6.07, 6.45) is 2.41. The van der Waals surface area contributed by atoms with Crippen molar-refractivity contribution in [1.29, 1.82) is 0 Å². The first kappa shape index (κ1) is 11.6. The molecule has 0 bridgehead atoms. The Morgan fingerprint density at radius 2 is 2.27 bits per heavy atom. The minimum absolute atomic E-state index is 0.803. The van der Waals surface area contributed by atoms with Crippen molar-refractivity contribution in [3.05, 3.63) is 20.8 Å². The van der Waals surface area contributed by atoms with Crippen LogP contribution in [0.25, 0.3) is 0 Å². The van der Waals surface area contributed by atoms with Crippen LogP contribution in [0.3, 0.4) is 0 Å². The van der Waals surface area contributed by atoms with E-state index in [1.807, 2.05) is 0 Å². The van der Waals surface area contributed by atoms with Gasteiger partial charge in [-0.15, -0.1) is 11.3 Å². The maximum atomic E-state index is 5.34. The van der Waals surface area contributed by atoms with Crippen molar-refractivity contribution < 1.29 is 4.74 Å². The van der Waals surface area contributed by atoms with Crippen molar-refractivity contribution in [3.63, 3.8) is 0 Å². The normalized spacial score (nSPS) is 18.2. The van der Waals surface area contributed by atoms with Crippen LogP contribution in [0.15, 0.2) is 15.9 Å². The predicted octanol–water partition coefficient (Wildman–Crippen LogP) is 3.03. The first-order valence-electron chi connectivity index (χ1n) is 5.36. The number of rotatable bonds is 4. The second-order valence-electron chi connectivity index (χ2n) is 3.88. The van der Waals surface area contributed by atoms with E-state index in [4.69, 9.17) is 4.74 Å². The van der Waals surface area contributed by atoms with E-state index in [2.05, 4.69) is 32.7 Å². The molecule has 0 aliphatic carbocycles. The van der Waals surface area contributed by atoms with Crippen LogP contribution >= 0.6 is 27.3 Å². The Morgan fingerprint density at radius 3 is 2.93 bits per heavy atom. The van der Waals surface area contributed by atoms with Crippen molar-refractivity contribution in [2.45, 2.75) is 19.4 Å². The molecular weight excluding hydrogens is 274 g/mol.